The van der Waals surface area contributed by atoms with Crippen molar-refractivity contribution in [2.45, 2.75) is 44.1 Å². The number of hydrogen-bond donors (Lipinski definition) is 0. The van der Waals surface area contributed by atoms with Crippen LogP contribution in [0.25, 0.3) is 11.0 Å². The second-order valence-corrected chi connectivity index (χ2v) is 7.10. The van der Waals surface area contributed by atoms with Crippen molar-refractivity contribution in [2.24, 2.45) is 0 Å². The van der Waals surface area contributed by atoms with Crippen LogP contribution in [0.3, 0.4) is 0 Å². The van der Waals surface area contributed by atoms with Crippen LogP contribution in [0.5, 0.6) is 0 Å². The number of halogens is 2. The fraction of sp³-hybridized carbons (Fsp3) is 0.467. The van der Waals surface area contributed by atoms with Crippen LogP contribution in [0, 0.1) is 0 Å². The molecule has 1 unspecified atom stereocenters. The number of aromatic nitrogens is 2. The van der Waals surface area contributed by atoms with Gasteiger partial charge in [0.1, 0.15) is 5.03 Å². The summed E-state index contributed by atoms with van der Waals surface area (Å²) in [6, 6.07) is 3.38. The van der Waals surface area contributed by atoms with Crippen LogP contribution in [0.1, 0.15) is 38.3 Å². The largest absolute Gasteiger partial charge is 0.253 e. The van der Waals surface area contributed by atoms with Gasteiger partial charge in [0.15, 0.2) is 0 Å². The molecule has 0 saturated heterocycles. The average Bonchev–Trinajstić information content (AvgIpc) is 2.44. The van der Waals surface area contributed by atoms with Crippen LogP contribution in [0.15, 0.2) is 17.2 Å². The Morgan fingerprint density at radius 3 is 2.24 bits per heavy atom. The maximum absolute atomic E-state index is 11.9. The Balaban J connectivity index is 2.39. The van der Waals surface area contributed by atoms with Crippen LogP contribution in [0.2, 0.25) is 10.0 Å². The van der Waals surface area contributed by atoms with Crippen LogP contribution in [0.4, 0.5) is 0 Å². The summed E-state index contributed by atoms with van der Waals surface area (Å²) in [5.41, 5.74) is 2.13. The molecule has 0 spiro atoms. The third-order valence-electron chi connectivity index (χ3n) is 3.28. The van der Waals surface area contributed by atoms with Crippen LogP contribution in [-0.4, -0.2) is 20.4 Å². The van der Waals surface area contributed by atoms with Gasteiger partial charge in [-0.2, -0.15) is 0 Å². The van der Waals surface area contributed by atoms with Crippen molar-refractivity contribution < 1.29 is 4.21 Å². The van der Waals surface area contributed by atoms with Gasteiger partial charge >= 0.3 is 0 Å². The quantitative estimate of drug-likeness (QED) is 0.707. The van der Waals surface area contributed by atoms with E-state index >= 15 is 0 Å². The second kappa shape index (κ2) is 7.52. The summed E-state index contributed by atoms with van der Waals surface area (Å²) >= 11 is 12.0. The number of unbranched alkanes of at least 4 members (excludes halogenated alkanes) is 3. The Hall–Kier alpha value is -0.710. The van der Waals surface area contributed by atoms with Crippen molar-refractivity contribution >= 4 is 45.0 Å². The van der Waals surface area contributed by atoms with Crippen molar-refractivity contribution in [3.8, 4) is 0 Å². The summed E-state index contributed by atoms with van der Waals surface area (Å²) in [7, 11) is -1.17. The molecule has 0 radical (unpaired) electrons. The Labute approximate surface area is 137 Å². The van der Waals surface area contributed by atoms with E-state index in [1.165, 1.54) is 12.8 Å². The molecule has 0 aliphatic heterocycles. The summed E-state index contributed by atoms with van der Waals surface area (Å²) in [4.78, 5) is 9.07. The lowest BCUT2D eigenvalue weighted by atomic mass is 10.1. The molecule has 0 N–H and O–H groups in total. The van der Waals surface area contributed by atoms with Crippen molar-refractivity contribution in [1.29, 1.82) is 0 Å². The molecule has 2 aromatic rings. The highest BCUT2D eigenvalue weighted by atomic mass is 35.5. The maximum Gasteiger partial charge on any atom is 0.149 e. The Kier molecular flexibility index (Phi) is 5.97. The number of benzene rings is 1. The fourth-order valence-corrected chi connectivity index (χ4v) is 3.21. The van der Waals surface area contributed by atoms with Crippen LogP contribution in [-0.2, 0) is 17.2 Å². The van der Waals surface area contributed by atoms with Gasteiger partial charge < -0.3 is 0 Å². The zero-order chi connectivity index (χ0) is 15.4. The molecule has 0 aliphatic carbocycles. The van der Waals surface area contributed by atoms with Gasteiger partial charge in [-0.3, -0.25) is 4.21 Å². The molecule has 1 aromatic carbocycles. The van der Waals surface area contributed by atoms with E-state index in [1.54, 1.807) is 18.4 Å². The van der Waals surface area contributed by atoms with Crippen molar-refractivity contribution in [3.05, 3.63) is 27.9 Å². The minimum atomic E-state index is -1.17. The van der Waals surface area contributed by atoms with Gasteiger partial charge in [-0.25, -0.2) is 9.97 Å². The minimum absolute atomic E-state index is 0.432. The third-order valence-corrected chi connectivity index (χ3v) is 4.87. The topological polar surface area (TPSA) is 42.9 Å². The van der Waals surface area contributed by atoms with Gasteiger partial charge in [0.2, 0.25) is 0 Å². The molecule has 114 valence electrons. The number of nitrogens with zero attached hydrogens (tertiary/aromatic N) is 2. The first kappa shape index (κ1) is 16.7. The number of hydrogen-bond acceptors (Lipinski definition) is 3. The number of aryl methyl sites for hydroxylation is 1. The van der Waals surface area contributed by atoms with Gasteiger partial charge in [-0.15, -0.1) is 0 Å². The first-order valence-corrected chi connectivity index (χ1v) is 9.33. The van der Waals surface area contributed by atoms with E-state index in [0.29, 0.717) is 26.1 Å². The first-order chi connectivity index (χ1) is 10.0. The summed E-state index contributed by atoms with van der Waals surface area (Å²) in [5.74, 6) is 0. The molecule has 1 atom stereocenters. The number of fused-ring (bicyclic) bond motifs is 1. The third kappa shape index (κ3) is 4.15. The normalized spacial score (nSPS) is 12.8. The zero-order valence-corrected chi connectivity index (χ0v) is 14.5. The summed E-state index contributed by atoms with van der Waals surface area (Å²) in [5, 5.41) is 1.44. The summed E-state index contributed by atoms with van der Waals surface area (Å²) in [6.07, 6.45) is 6.98. The smallest absolute Gasteiger partial charge is 0.149 e. The average molecular weight is 345 g/mol. The number of rotatable bonds is 6. The molecular weight excluding hydrogens is 327 g/mol. The molecule has 2 rings (SSSR count). The molecule has 0 fully saturated rings. The predicted octanol–water partition coefficient (Wildman–Crippen LogP) is 4.80. The molecular formula is C15H18Cl2N2OS. The first-order valence-electron chi connectivity index (χ1n) is 7.02. The highest BCUT2D eigenvalue weighted by Gasteiger charge is 2.13. The fourth-order valence-electron chi connectivity index (χ4n) is 2.18. The van der Waals surface area contributed by atoms with E-state index in [9.17, 15) is 4.21 Å². The lowest BCUT2D eigenvalue weighted by Gasteiger charge is -2.08. The Morgan fingerprint density at radius 2 is 1.67 bits per heavy atom. The molecule has 21 heavy (non-hydrogen) atoms. The van der Waals surface area contributed by atoms with Gasteiger partial charge in [0, 0.05) is 6.26 Å². The molecule has 0 aliphatic rings. The molecule has 0 amide bonds. The van der Waals surface area contributed by atoms with Crippen LogP contribution >= 0.6 is 23.2 Å². The van der Waals surface area contributed by atoms with E-state index in [-0.39, 0.29) is 0 Å². The van der Waals surface area contributed by atoms with E-state index in [0.717, 1.165) is 25.0 Å². The van der Waals surface area contributed by atoms with E-state index in [4.69, 9.17) is 23.2 Å². The maximum atomic E-state index is 11.9. The second-order valence-electron chi connectivity index (χ2n) is 5.00. The van der Waals surface area contributed by atoms with Gasteiger partial charge in [0.05, 0.1) is 37.6 Å². The van der Waals surface area contributed by atoms with E-state index in [2.05, 4.69) is 16.9 Å². The molecule has 3 nitrogen and oxygen atoms in total. The van der Waals surface area contributed by atoms with Crippen molar-refractivity contribution in [3.63, 3.8) is 0 Å². The SMILES string of the molecule is CCCCCCc1nc2cc(Cl)c(Cl)cc2nc1S(C)=O. The molecule has 1 heterocycles. The van der Waals surface area contributed by atoms with Gasteiger partial charge in [0.25, 0.3) is 0 Å². The summed E-state index contributed by atoms with van der Waals surface area (Å²) in [6.45, 7) is 2.17. The predicted molar refractivity (Wildman–Crippen MR) is 89.7 cm³/mol. The van der Waals surface area contributed by atoms with Gasteiger partial charge in [-0.05, 0) is 25.0 Å². The Morgan fingerprint density at radius 1 is 1.05 bits per heavy atom. The Bertz CT molecular complexity index is 676. The lowest BCUT2D eigenvalue weighted by molar-refractivity contribution is 0.649. The highest BCUT2D eigenvalue weighted by Crippen LogP contribution is 2.27. The monoisotopic (exact) mass is 344 g/mol. The zero-order valence-electron chi connectivity index (χ0n) is 12.2. The van der Waals surface area contributed by atoms with Crippen molar-refractivity contribution in [2.75, 3.05) is 6.26 Å². The molecule has 1 aromatic heterocycles. The molecule has 0 saturated carbocycles. The lowest BCUT2D eigenvalue weighted by Crippen LogP contribution is -2.04. The van der Waals surface area contributed by atoms with E-state index < -0.39 is 10.8 Å². The van der Waals surface area contributed by atoms with E-state index in [1.807, 2.05) is 0 Å². The van der Waals surface area contributed by atoms with Crippen LogP contribution < -0.4 is 0 Å². The van der Waals surface area contributed by atoms with Gasteiger partial charge in [-0.1, -0.05) is 49.4 Å². The standard InChI is InChI=1S/C15H18Cl2N2OS/c1-3-4-5-6-7-12-15(21(2)20)19-14-9-11(17)10(16)8-13(14)18-12/h8-9H,3-7H2,1-2H3. The summed E-state index contributed by atoms with van der Waals surface area (Å²) < 4.78 is 11.9. The minimum Gasteiger partial charge on any atom is -0.253 e. The molecule has 6 heteroatoms. The highest BCUT2D eigenvalue weighted by molar-refractivity contribution is 7.84. The van der Waals surface area contributed by atoms with Crippen molar-refractivity contribution in [1.82, 2.24) is 9.97 Å². The molecule has 0 bridgehead atoms.